The van der Waals surface area contributed by atoms with Crippen molar-refractivity contribution in [3.63, 3.8) is 0 Å². The van der Waals surface area contributed by atoms with Crippen LogP contribution in [0.4, 0.5) is 0 Å². The van der Waals surface area contributed by atoms with Crippen LogP contribution in [0.15, 0.2) is 35.9 Å². The molecule has 0 amide bonds. The van der Waals surface area contributed by atoms with Gasteiger partial charge in [-0.05, 0) is 31.4 Å². The Labute approximate surface area is 104 Å². The first-order chi connectivity index (χ1) is 8.20. The van der Waals surface area contributed by atoms with E-state index < -0.39 is 0 Å². The monoisotopic (exact) mass is 230 g/mol. The number of nitrogens with two attached hydrogens (primary N) is 1. The minimum atomic E-state index is 0.487. The van der Waals surface area contributed by atoms with E-state index in [1.807, 2.05) is 0 Å². The van der Waals surface area contributed by atoms with Crippen LogP contribution in [0.25, 0.3) is 0 Å². The Kier molecular flexibility index (Phi) is 3.97. The molecule has 1 atom stereocenters. The van der Waals surface area contributed by atoms with Crippen LogP contribution in [0.2, 0.25) is 0 Å². The molecule has 0 aliphatic carbocycles. The lowest BCUT2D eigenvalue weighted by Gasteiger charge is -2.35. The first kappa shape index (κ1) is 12.3. The summed E-state index contributed by atoms with van der Waals surface area (Å²) in [5.74, 6) is 0. The summed E-state index contributed by atoms with van der Waals surface area (Å²) < 4.78 is 0. The number of nitrogens with zero attached hydrogens (tertiary/aromatic N) is 1. The van der Waals surface area contributed by atoms with E-state index in [2.05, 4.69) is 49.1 Å². The van der Waals surface area contributed by atoms with Crippen molar-refractivity contribution in [1.82, 2.24) is 4.90 Å². The van der Waals surface area contributed by atoms with Crippen molar-refractivity contribution < 1.29 is 0 Å². The summed E-state index contributed by atoms with van der Waals surface area (Å²) in [5, 5.41) is 0. The van der Waals surface area contributed by atoms with Crippen LogP contribution < -0.4 is 5.73 Å². The first-order valence-corrected chi connectivity index (χ1v) is 6.35. The average Bonchev–Trinajstić information content (AvgIpc) is 2.35. The molecule has 17 heavy (non-hydrogen) atoms. The van der Waals surface area contributed by atoms with Gasteiger partial charge in [-0.25, -0.2) is 0 Å². The third-order valence-electron chi connectivity index (χ3n) is 3.47. The third-order valence-corrected chi connectivity index (χ3v) is 3.47. The van der Waals surface area contributed by atoms with Crippen LogP contribution in [-0.2, 0) is 13.0 Å². The Morgan fingerprint density at radius 3 is 2.71 bits per heavy atom. The van der Waals surface area contributed by atoms with Gasteiger partial charge in [-0.3, -0.25) is 4.90 Å². The highest BCUT2D eigenvalue weighted by molar-refractivity contribution is 5.30. The van der Waals surface area contributed by atoms with Gasteiger partial charge in [-0.2, -0.15) is 0 Å². The summed E-state index contributed by atoms with van der Waals surface area (Å²) in [5.41, 5.74) is 10.2. The third kappa shape index (κ3) is 2.96. The fourth-order valence-corrected chi connectivity index (χ4v) is 2.39. The lowest BCUT2D eigenvalue weighted by molar-refractivity contribution is 0.196. The van der Waals surface area contributed by atoms with Crippen molar-refractivity contribution in [1.29, 1.82) is 0 Å². The van der Waals surface area contributed by atoms with Gasteiger partial charge in [0.05, 0.1) is 0 Å². The van der Waals surface area contributed by atoms with E-state index in [1.54, 1.807) is 0 Å². The maximum absolute atomic E-state index is 5.89. The predicted octanol–water partition coefficient (Wildman–Crippen LogP) is 2.34. The molecule has 1 aliphatic heterocycles. The van der Waals surface area contributed by atoms with E-state index in [4.69, 9.17) is 5.73 Å². The number of rotatable bonds is 3. The first-order valence-electron chi connectivity index (χ1n) is 6.35. The lowest BCUT2D eigenvalue weighted by atomic mass is 9.94. The molecule has 0 fully saturated rings. The van der Waals surface area contributed by atoms with Gasteiger partial charge >= 0.3 is 0 Å². The molecular weight excluding hydrogens is 208 g/mol. The quantitative estimate of drug-likeness (QED) is 0.808. The molecule has 2 rings (SSSR count). The molecule has 0 aromatic heterocycles. The van der Waals surface area contributed by atoms with Crippen molar-refractivity contribution in [2.75, 3.05) is 13.1 Å². The van der Waals surface area contributed by atoms with E-state index in [0.717, 1.165) is 26.1 Å². The molecule has 2 heteroatoms. The van der Waals surface area contributed by atoms with Crippen molar-refractivity contribution in [2.45, 2.75) is 32.9 Å². The Morgan fingerprint density at radius 1 is 1.35 bits per heavy atom. The molecule has 0 spiro atoms. The molecule has 2 N–H and O–H groups in total. The van der Waals surface area contributed by atoms with Crippen molar-refractivity contribution in [2.24, 2.45) is 5.73 Å². The minimum absolute atomic E-state index is 0.487. The van der Waals surface area contributed by atoms with Crippen LogP contribution in [0.3, 0.4) is 0 Å². The molecule has 0 radical (unpaired) electrons. The number of allylic oxidation sites excluding steroid dienone is 1. The smallest absolute Gasteiger partial charge is 0.0265 e. The van der Waals surface area contributed by atoms with Gasteiger partial charge in [0, 0.05) is 25.7 Å². The van der Waals surface area contributed by atoms with E-state index >= 15 is 0 Å². The molecule has 1 aromatic rings. The van der Waals surface area contributed by atoms with Gasteiger partial charge in [0.2, 0.25) is 0 Å². The van der Waals surface area contributed by atoms with Gasteiger partial charge in [-0.15, -0.1) is 0 Å². The predicted molar refractivity (Wildman–Crippen MR) is 72.8 cm³/mol. The van der Waals surface area contributed by atoms with Crippen LogP contribution in [-0.4, -0.2) is 24.0 Å². The van der Waals surface area contributed by atoms with Gasteiger partial charge in [0.25, 0.3) is 0 Å². The minimum Gasteiger partial charge on any atom is -0.329 e. The Balaban J connectivity index is 2.15. The highest BCUT2D eigenvalue weighted by Crippen LogP contribution is 2.22. The molecule has 92 valence electrons. The molecule has 0 bridgehead atoms. The fraction of sp³-hybridized carbons (Fsp3) is 0.467. The summed E-state index contributed by atoms with van der Waals surface area (Å²) in [7, 11) is 0. The number of hydrogen-bond acceptors (Lipinski definition) is 2. The molecule has 1 heterocycles. The summed E-state index contributed by atoms with van der Waals surface area (Å²) in [4.78, 5) is 2.48. The normalized spacial score (nSPS) is 19.8. The molecule has 1 unspecified atom stereocenters. The van der Waals surface area contributed by atoms with Crippen LogP contribution in [0, 0.1) is 0 Å². The molecule has 0 saturated heterocycles. The van der Waals surface area contributed by atoms with E-state index in [9.17, 15) is 0 Å². The molecule has 2 nitrogen and oxygen atoms in total. The standard InChI is InChI=1S/C15H22N2/c1-12(2)7-8-17-11-14-6-4-3-5-13(14)9-15(17)10-16/h3-7,15H,8-11,16H2,1-2H3. The summed E-state index contributed by atoms with van der Waals surface area (Å²) in [6, 6.07) is 9.20. The van der Waals surface area contributed by atoms with Crippen LogP contribution in [0.5, 0.6) is 0 Å². The van der Waals surface area contributed by atoms with E-state index in [-0.39, 0.29) is 0 Å². The van der Waals surface area contributed by atoms with E-state index in [1.165, 1.54) is 16.7 Å². The maximum Gasteiger partial charge on any atom is 0.0265 e. The summed E-state index contributed by atoms with van der Waals surface area (Å²) >= 11 is 0. The van der Waals surface area contributed by atoms with Gasteiger partial charge in [-0.1, -0.05) is 35.9 Å². The van der Waals surface area contributed by atoms with Crippen molar-refractivity contribution in [3.05, 3.63) is 47.0 Å². The second-order valence-electron chi connectivity index (χ2n) is 5.07. The average molecular weight is 230 g/mol. The number of fused-ring (bicyclic) bond motifs is 1. The second-order valence-corrected chi connectivity index (χ2v) is 5.07. The van der Waals surface area contributed by atoms with Crippen molar-refractivity contribution >= 4 is 0 Å². The zero-order chi connectivity index (χ0) is 12.3. The fourth-order valence-electron chi connectivity index (χ4n) is 2.39. The number of benzene rings is 1. The SMILES string of the molecule is CC(C)=CCN1Cc2ccccc2CC1CN. The molecule has 1 aliphatic rings. The summed E-state index contributed by atoms with van der Waals surface area (Å²) in [6.07, 6.45) is 3.37. The zero-order valence-electron chi connectivity index (χ0n) is 10.8. The van der Waals surface area contributed by atoms with Gasteiger partial charge in [0.15, 0.2) is 0 Å². The van der Waals surface area contributed by atoms with Crippen molar-refractivity contribution in [3.8, 4) is 0 Å². The largest absolute Gasteiger partial charge is 0.329 e. The zero-order valence-corrected chi connectivity index (χ0v) is 10.8. The Bertz CT molecular complexity index is 405. The van der Waals surface area contributed by atoms with Gasteiger partial charge < -0.3 is 5.73 Å². The summed E-state index contributed by atoms with van der Waals surface area (Å²) in [6.45, 7) is 7.08. The Hall–Kier alpha value is -1.12. The van der Waals surface area contributed by atoms with E-state index in [0.29, 0.717) is 6.04 Å². The Morgan fingerprint density at radius 2 is 2.06 bits per heavy atom. The van der Waals surface area contributed by atoms with Gasteiger partial charge in [0.1, 0.15) is 0 Å². The molecule has 0 saturated carbocycles. The highest BCUT2D eigenvalue weighted by Gasteiger charge is 2.23. The second kappa shape index (κ2) is 5.48. The molecular formula is C15H22N2. The highest BCUT2D eigenvalue weighted by atomic mass is 15.2. The maximum atomic E-state index is 5.89. The lowest BCUT2D eigenvalue weighted by Crippen LogP contribution is -2.44. The number of hydrogen-bond donors (Lipinski definition) is 1. The van der Waals surface area contributed by atoms with Crippen LogP contribution in [0.1, 0.15) is 25.0 Å². The van der Waals surface area contributed by atoms with Crippen LogP contribution >= 0.6 is 0 Å². The molecule has 1 aromatic carbocycles. The topological polar surface area (TPSA) is 29.3 Å².